The lowest BCUT2D eigenvalue weighted by atomic mass is 10.4. The number of aromatic nitrogens is 2. The Morgan fingerprint density at radius 2 is 2.25 bits per heavy atom. The van der Waals surface area contributed by atoms with Crippen molar-refractivity contribution in [2.45, 2.75) is 5.25 Å². The van der Waals surface area contributed by atoms with E-state index in [-0.39, 0.29) is 0 Å². The second-order valence-electron chi connectivity index (χ2n) is 3.38. The first-order chi connectivity index (χ1) is 7.88. The Morgan fingerprint density at radius 3 is 3.00 bits per heavy atom. The Balaban J connectivity index is 1.83. The third kappa shape index (κ3) is 3.43. The molecule has 1 aromatic heterocycles. The van der Waals surface area contributed by atoms with Crippen LogP contribution in [0.2, 0.25) is 0 Å². The molecule has 4 N–H and O–H groups in total. The van der Waals surface area contributed by atoms with Crippen molar-refractivity contribution in [3.63, 3.8) is 0 Å². The number of thioether (sulfide) groups is 2. The second kappa shape index (κ2) is 6.17. The molecule has 0 saturated carbocycles. The van der Waals surface area contributed by atoms with Gasteiger partial charge in [-0.2, -0.15) is 23.5 Å². The number of nitrogens with zero attached hydrogens (tertiary/aromatic N) is 2. The lowest BCUT2D eigenvalue weighted by Gasteiger charge is -2.21. The number of nitrogens with two attached hydrogens (primary N) is 1. The Labute approximate surface area is 103 Å². The van der Waals surface area contributed by atoms with E-state index in [1.807, 2.05) is 23.5 Å². The fourth-order valence-electron chi connectivity index (χ4n) is 1.41. The van der Waals surface area contributed by atoms with Gasteiger partial charge in [0.1, 0.15) is 18.0 Å². The molecule has 1 saturated heterocycles. The highest BCUT2D eigenvalue weighted by molar-refractivity contribution is 8.06. The van der Waals surface area contributed by atoms with Crippen molar-refractivity contribution in [1.29, 1.82) is 0 Å². The van der Waals surface area contributed by atoms with Crippen LogP contribution in [0.5, 0.6) is 0 Å². The van der Waals surface area contributed by atoms with Crippen molar-refractivity contribution in [2.24, 2.45) is 5.84 Å². The van der Waals surface area contributed by atoms with Crippen LogP contribution in [0.15, 0.2) is 12.4 Å². The number of hydrazine groups is 1. The average Bonchev–Trinajstić information content (AvgIpc) is 2.38. The molecule has 1 aliphatic rings. The van der Waals surface area contributed by atoms with Crippen LogP contribution in [-0.4, -0.2) is 39.0 Å². The molecule has 5 nitrogen and oxygen atoms in total. The number of anilines is 2. The number of rotatable bonds is 4. The van der Waals surface area contributed by atoms with Crippen LogP contribution in [0.3, 0.4) is 0 Å². The molecule has 0 radical (unpaired) electrons. The maximum absolute atomic E-state index is 5.28. The first-order valence-electron chi connectivity index (χ1n) is 5.10. The molecule has 7 heteroatoms. The summed E-state index contributed by atoms with van der Waals surface area (Å²) >= 11 is 4.05. The van der Waals surface area contributed by atoms with Gasteiger partial charge in [-0.3, -0.25) is 0 Å². The predicted molar refractivity (Wildman–Crippen MR) is 71.9 cm³/mol. The Kier molecular flexibility index (Phi) is 4.55. The van der Waals surface area contributed by atoms with Crippen LogP contribution in [0.1, 0.15) is 0 Å². The van der Waals surface area contributed by atoms with Crippen LogP contribution in [-0.2, 0) is 0 Å². The van der Waals surface area contributed by atoms with Gasteiger partial charge < -0.3 is 10.7 Å². The number of hydrogen-bond acceptors (Lipinski definition) is 7. The van der Waals surface area contributed by atoms with Gasteiger partial charge in [-0.05, 0) is 0 Å². The fraction of sp³-hybridized carbons (Fsp3) is 0.556. The molecule has 1 aliphatic heterocycles. The van der Waals surface area contributed by atoms with Crippen LogP contribution in [0.4, 0.5) is 11.6 Å². The van der Waals surface area contributed by atoms with Gasteiger partial charge in [0.15, 0.2) is 0 Å². The first kappa shape index (κ1) is 11.8. The van der Waals surface area contributed by atoms with E-state index in [0.717, 1.165) is 12.4 Å². The number of nitrogen functional groups attached to an aromatic ring is 1. The molecular weight excluding hydrogens is 242 g/mol. The highest BCUT2D eigenvalue weighted by Crippen LogP contribution is 2.24. The molecule has 0 aromatic carbocycles. The van der Waals surface area contributed by atoms with Crippen molar-refractivity contribution in [2.75, 3.05) is 34.5 Å². The molecule has 2 rings (SSSR count). The monoisotopic (exact) mass is 257 g/mol. The van der Waals surface area contributed by atoms with Crippen LogP contribution in [0.25, 0.3) is 0 Å². The predicted octanol–water partition coefficient (Wildman–Crippen LogP) is 1.02. The summed E-state index contributed by atoms with van der Waals surface area (Å²) in [5.41, 5.74) is 2.50. The van der Waals surface area contributed by atoms with E-state index in [0.29, 0.717) is 11.1 Å². The minimum Gasteiger partial charge on any atom is -0.369 e. The van der Waals surface area contributed by atoms with Crippen molar-refractivity contribution < 1.29 is 0 Å². The van der Waals surface area contributed by atoms with Gasteiger partial charge in [0, 0.05) is 35.1 Å². The van der Waals surface area contributed by atoms with Crippen molar-refractivity contribution in [1.82, 2.24) is 9.97 Å². The highest BCUT2D eigenvalue weighted by atomic mass is 32.2. The zero-order valence-corrected chi connectivity index (χ0v) is 10.5. The molecule has 2 heterocycles. The molecular formula is C9H15N5S2. The number of nitrogens with one attached hydrogen (secondary N) is 2. The van der Waals surface area contributed by atoms with Gasteiger partial charge in [0.25, 0.3) is 0 Å². The zero-order valence-electron chi connectivity index (χ0n) is 8.85. The molecule has 1 fully saturated rings. The van der Waals surface area contributed by atoms with E-state index in [4.69, 9.17) is 5.84 Å². The Morgan fingerprint density at radius 1 is 1.38 bits per heavy atom. The van der Waals surface area contributed by atoms with E-state index in [9.17, 15) is 0 Å². The molecule has 16 heavy (non-hydrogen) atoms. The Hall–Kier alpha value is -0.660. The standard InChI is InChI=1S/C9H15N5S2/c10-14-9-3-8(12-6-13-9)11-4-7-5-15-1-2-16-7/h3,6-7H,1-2,4-5,10H2,(H2,11,12,13,14). The second-order valence-corrected chi connectivity index (χ2v) is 5.94. The lowest BCUT2D eigenvalue weighted by molar-refractivity contribution is 0.987. The smallest absolute Gasteiger partial charge is 0.145 e. The van der Waals surface area contributed by atoms with E-state index >= 15 is 0 Å². The van der Waals surface area contributed by atoms with Gasteiger partial charge in [0.05, 0.1) is 0 Å². The van der Waals surface area contributed by atoms with Gasteiger partial charge in [-0.15, -0.1) is 0 Å². The summed E-state index contributed by atoms with van der Waals surface area (Å²) in [6.45, 7) is 0.943. The number of hydrogen-bond donors (Lipinski definition) is 3. The summed E-state index contributed by atoms with van der Waals surface area (Å²) in [5.74, 6) is 10.5. The molecule has 0 spiro atoms. The van der Waals surface area contributed by atoms with Gasteiger partial charge >= 0.3 is 0 Å². The van der Waals surface area contributed by atoms with Crippen molar-refractivity contribution >= 4 is 35.2 Å². The Bertz CT molecular complexity index is 329. The summed E-state index contributed by atoms with van der Waals surface area (Å²) in [5, 5.41) is 3.98. The van der Waals surface area contributed by atoms with Crippen LogP contribution < -0.4 is 16.6 Å². The average molecular weight is 257 g/mol. The van der Waals surface area contributed by atoms with Gasteiger partial charge in [-0.1, -0.05) is 0 Å². The summed E-state index contributed by atoms with van der Waals surface area (Å²) in [6.07, 6.45) is 1.50. The van der Waals surface area contributed by atoms with E-state index in [1.54, 1.807) is 6.07 Å². The van der Waals surface area contributed by atoms with E-state index < -0.39 is 0 Å². The summed E-state index contributed by atoms with van der Waals surface area (Å²) in [6, 6.07) is 1.81. The van der Waals surface area contributed by atoms with Crippen molar-refractivity contribution in [3.8, 4) is 0 Å². The normalized spacial score (nSPS) is 20.4. The maximum Gasteiger partial charge on any atom is 0.145 e. The van der Waals surface area contributed by atoms with Crippen LogP contribution >= 0.6 is 23.5 Å². The molecule has 88 valence electrons. The molecule has 0 bridgehead atoms. The molecule has 0 aliphatic carbocycles. The van der Waals surface area contributed by atoms with E-state index in [1.165, 1.54) is 23.6 Å². The minimum absolute atomic E-state index is 0.628. The van der Waals surface area contributed by atoms with E-state index in [2.05, 4.69) is 20.7 Å². The highest BCUT2D eigenvalue weighted by Gasteiger charge is 2.13. The molecule has 1 aromatic rings. The van der Waals surface area contributed by atoms with Gasteiger partial charge in [-0.25, -0.2) is 15.8 Å². The SMILES string of the molecule is NNc1cc(NCC2CSCCS2)ncn1. The third-order valence-corrected chi connectivity index (χ3v) is 5.06. The molecule has 1 unspecified atom stereocenters. The van der Waals surface area contributed by atoms with Crippen LogP contribution in [0, 0.1) is 0 Å². The van der Waals surface area contributed by atoms with Gasteiger partial charge in [0.2, 0.25) is 0 Å². The summed E-state index contributed by atoms with van der Waals surface area (Å²) in [7, 11) is 0. The minimum atomic E-state index is 0.628. The maximum atomic E-state index is 5.28. The molecule has 0 amide bonds. The summed E-state index contributed by atoms with van der Waals surface area (Å²) < 4.78 is 0. The summed E-state index contributed by atoms with van der Waals surface area (Å²) in [4.78, 5) is 8.09. The fourth-order valence-corrected chi connectivity index (χ4v) is 4.02. The molecule has 1 atom stereocenters. The third-order valence-electron chi connectivity index (χ3n) is 2.21. The topological polar surface area (TPSA) is 75.9 Å². The van der Waals surface area contributed by atoms with Crippen molar-refractivity contribution in [3.05, 3.63) is 12.4 Å². The first-order valence-corrected chi connectivity index (χ1v) is 7.30. The zero-order chi connectivity index (χ0) is 11.2. The quantitative estimate of drug-likeness (QED) is 0.549. The largest absolute Gasteiger partial charge is 0.369 e. The lowest BCUT2D eigenvalue weighted by Crippen LogP contribution is -2.23.